The second-order valence-corrected chi connectivity index (χ2v) is 6.47. The van der Waals surface area contributed by atoms with Crippen molar-refractivity contribution in [2.45, 2.75) is 64.7 Å². The number of Topliss-reactive ketones (excluding diaryl/α,β-unsaturated/α-hetero) is 1. The third-order valence-electron chi connectivity index (χ3n) is 5.90. The van der Waals surface area contributed by atoms with E-state index < -0.39 is 0 Å². The second kappa shape index (κ2) is 3.85. The average molecular weight is 220 g/mol. The van der Waals surface area contributed by atoms with E-state index in [4.69, 9.17) is 0 Å². The summed E-state index contributed by atoms with van der Waals surface area (Å²) >= 11 is 0. The maximum atomic E-state index is 12.2. The predicted molar refractivity (Wildman–Crippen MR) is 65.1 cm³/mol. The fraction of sp³-hybridized carbons (Fsp3) is 0.933. The molecule has 1 nitrogen and oxygen atoms in total. The highest BCUT2D eigenvalue weighted by molar-refractivity contribution is 5.83. The molecule has 90 valence electrons. The van der Waals surface area contributed by atoms with Gasteiger partial charge in [-0.2, -0.15) is 0 Å². The molecule has 0 radical (unpaired) electrons. The summed E-state index contributed by atoms with van der Waals surface area (Å²) in [6.07, 6.45) is 12.1. The van der Waals surface area contributed by atoms with Gasteiger partial charge in [0.2, 0.25) is 0 Å². The molecule has 3 aliphatic carbocycles. The molecule has 0 aromatic heterocycles. The second-order valence-electron chi connectivity index (χ2n) is 6.47. The molecule has 0 spiro atoms. The smallest absolute Gasteiger partial charge is 0.136 e. The van der Waals surface area contributed by atoms with E-state index in [9.17, 15) is 4.79 Å². The van der Waals surface area contributed by atoms with Gasteiger partial charge in [-0.15, -0.1) is 0 Å². The summed E-state index contributed by atoms with van der Waals surface area (Å²) in [6.45, 7) is 1.87. The normalized spacial score (nSPS) is 47.2. The molecular weight excluding hydrogens is 196 g/mol. The molecule has 2 atom stereocenters. The van der Waals surface area contributed by atoms with E-state index in [0.29, 0.717) is 5.78 Å². The lowest BCUT2D eigenvalue weighted by molar-refractivity contribution is -0.144. The maximum absolute atomic E-state index is 12.2. The van der Waals surface area contributed by atoms with Gasteiger partial charge in [0, 0.05) is 5.41 Å². The summed E-state index contributed by atoms with van der Waals surface area (Å²) in [5.74, 6) is 3.10. The Bertz CT molecular complexity index is 272. The van der Waals surface area contributed by atoms with Crippen molar-refractivity contribution < 1.29 is 4.79 Å². The lowest BCUT2D eigenvalue weighted by atomic mass is 9.48. The lowest BCUT2D eigenvalue weighted by Gasteiger charge is -2.55. The van der Waals surface area contributed by atoms with E-state index in [0.717, 1.165) is 17.8 Å². The highest BCUT2D eigenvalue weighted by atomic mass is 16.1. The summed E-state index contributed by atoms with van der Waals surface area (Å²) in [4.78, 5) is 12.2. The third-order valence-corrected chi connectivity index (χ3v) is 5.90. The summed E-state index contributed by atoms with van der Waals surface area (Å²) in [7, 11) is 0. The Labute approximate surface area is 99.0 Å². The quantitative estimate of drug-likeness (QED) is 0.653. The Morgan fingerprint density at radius 1 is 0.938 bits per heavy atom. The van der Waals surface area contributed by atoms with Crippen LogP contribution in [-0.4, -0.2) is 5.78 Å². The highest BCUT2D eigenvalue weighted by Gasteiger charge is 2.54. The van der Waals surface area contributed by atoms with E-state index in [1.165, 1.54) is 57.8 Å². The molecule has 0 saturated heterocycles. The van der Waals surface area contributed by atoms with Crippen molar-refractivity contribution in [1.29, 1.82) is 0 Å². The monoisotopic (exact) mass is 220 g/mol. The first kappa shape index (κ1) is 10.8. The van der Waals surface area contributed by atoms with Gasteiger partial charge in [-0.3, -0.25) is 4.79 Å². The van der Waals surface area contributed by atoms with Crippen molar-refractivity contribution >= 4 is 5.78 Å². The molecule has 0 aromatic carbocycles. The fourth-order valence-corrected chi connectivity index (χ4v) is 5.34. The number of hydrogen-bond donors (Lipinski definition) is 0. The largest absolute Gasteiger partial charge is 0.299 e. The molecule has 0 bridgehead atoms. The van der Waals surface area contributed by atoms with Crippen LogP contribution in [0.5, 0.6) is 0 Å². The van der Waals surface area contributed by atoms with Gasteiger partial charge in [0.05, 0.1) is 0 Å². The molecule has 1 heteroatoms. The van der Waals surface area contributed by atoms with Crippen molar-refractivity contribution in [2.24, 2.45) is 23.2 Å². The van der Waals surface area contributed by atoms with Crippen molar-refractivity contribution in [3.63, 3.8) is 0 Å². The Morgan fingerprint density at radius 3 is 1.94 bits per heavy atom. The Balaban J connectivity index is 1.97. The van der Waals surface area contributed by atoms with Crippen LogP contribution < -0.4 is 0 Å². The van der Waals surface area contributed by atoms with Crippen LogP contribution in [0.1, 0.15) is 64.7 Å². The number of hydrogen-bond acceptors (Lipinski definition) is 1. The van der Waals surface area contributed by atoms with Crippen LogP contribution in [0.4, 0.5) is 0 Å². The van der Waals surface area contributed by atoms with Gasteiger partial charge in [0.15, 0.2) is 0 Å². The molecule has 0 heterocycles. The number of rotatable bonds is 1. The van der Waals surface area contributed by atoms with Gasteiger partial charge >= 0.3 is 0 Å². The van der Waals surface area contributed by atoms with Crippen molar-refractivity contribution in [3.05, 3.63) is 0 Å². The molecule has 3 aliphatic rings. The Hall–Kier alpha value is -0.330. The van der Waals surface area contributed by atoms with Crippen LogP contribution in [-0.2, 0) is 4.79 Å². The van der Waals surface area contributed by atoms with Crippen LogP contribution >= 0.6 is 0 Å². The molecule has 0 N–H and O–H groups in total. The number of carbonyl (C=O) groups excluding carboxylic acids is 1. The van der Waals surface area contributed by atoms with Crippen molar-refractivity contribution in [1.82, 2.24) is 0 Å². The predicted octanol–water partition coefficient (Wildman–Crippen LogP) is 3.96. The maximum Gasteiger partial charge on any atom is 0.136 e. The molecular formula is C15H24O. The molecule has 2 unspecified atom stereocenters. The summed E-state index contributed by atoms with van der Waals surface area (Å²) < 4.78 is 0. The number of carbonyl (C=O) groups is 1. The van der Waals surface area contributed by atoms with Gasteiger partial charge in [0.25, 0.3) is 0 Å². The molecule has 0 aliphatic heterocycles. The first-order valence-electron chi connectivity index (χ1n) is 7.25. The number of ketones is 1. The minimum Gasteiger partial charge on any atom is -0.299 e. The van der Waals surface area contributed by atoms with E-state index >= 15 is 0 Å². The fourth-order valence-electron chi connectivity index (χ4n) is 5.34. The Kier molecular flexibility index (Phi) is 2.60. The Morgan fingerprint density at radius 2 is 1.44 bits per heavy atom. The van der Waals surface area contributed by atoms with Crippen LogP contribution in [0.3, 0.4) is 0 Å². The summed E-state index contributed by atoms with van der Waals surface area (Å²) in [5.41, 5.74) is 0.131. The van der Waals surface area contributed by atoms with Crippen LogP contribution in [0.15, 0.2) is 0 Å². The molecule has 0 amide bonds. The third kappa shape index (κ3) is 1.39. The van der Waals surface area contributed by atoms with Gasteiger partial charge in [-0.05, 0) is 37.5 Å². The van der Waals surface area contributed by atoms with E-state index in [-0.39, 0.29) is 5.41 Å². The topological polar surface area (TPSA) is 17.1 Å². The van der Waals surface area contributed by atoms with Gasteiger partial charge in [-0.25, -0.2) is 0 Å². The van der Waals surface area contributed by atoms with Crippen LogP contribution in [0.25, 0.3) is 0 Å². The SMILES string of the molecule is CC(=O)C12CCCC3CCCC(CCC1)C32. The van der Waals surface area contributed by atoms with Crippen molar-refractivity contribution in [3.8, 4) is 0 Å². The van der Waals surface area contributed by atoms with Gasteiger partial charge < -0.3 is 0 Å². The van der Waals surface area contributed by atoms with Crippen molar-refractivity contribution in [2.75, 3.05) is 0 Å². The lowest BCUT2D eigenvalue weighted by Crippen LogP contribution is -2.51. The van der Waals surface area contributed by atoms with Crippen LogP contribution in [0, 0.1) is 23.2 Å². The standard InChI is InChI=1S/C15H24O/c1-11(16)15-9-3-7-12-5-2-6-13(14(12)15)8-4-10-15/h12-14H,2-10H2,1H3. The molecule has 3 fully saturated rings. The van der Waals surface area contributed by atoms with Crippen LogP contribution in [0.2, 0.25) is 0 Å². The first-order valence-corrected chi connectivity index (χ1v) is 7.25. The summed E-state index contributed by atoms with van der Waals surface area (Å²) in [5, 5.41) is 0. The van der Waals surface area contributed by atoms with E-state index in [1.807, 2.05) is 6.92 Å². The first-order chi connectivity index (χ1) is 7.74. The zero-order valence-corrected chi connectivity index (χ0v) is 10.5. The molecule has 16 heavy (non-hydrogen) atoms. The minimum absolute atomic E-state index is 0.131. The average Bonchev–Trinajstić information content (AvgIpc) is 2.30. The zero-order chi connectivity index (χ0) is 11.2. The minimum atomic E-state index is 0.131. The van der Waals surface area contributed by atoms with Gasteiger partial charge in [0.1, 0.15) is 5.78 Å². The highest BCUT2D eigenvalue weighted by Crippen LogP contribution is 2.59. The zero-order valence-electron chi connectivity index (χ0n) is 10.5. The van der Waals surface area contributed by atoms with E-state index in [2.05, 4.69) is 0 Å². The van der Waals surface area contributed by atoms with E-state index in [1.54, 1.807) is 0 Å². The molecule has 3 rings (SSSR count). The molecule has 3 saturated carbocycles. The summed E-state index contributed by atoms with van der Waals surface area (Å²) in [6, 6.07) is 0. The molecule has 0 aromatic rings. The van der Waals surface area contributed by atoms with Gasteiger partial charge in [-0.1, -0.05) is 44.9 Å².